The number of ether oxygens (including phenoxy) is 1. The summed E-state index contributed by atoms with van der Waals surface area (Å²) in [6.45, 7) is 4.02. The molecule has 4 rings (SSSR count). The zero-order valence-electron chi connectivity index (χ0n) is 17.7. The van der Waals surface area contributed by atoms with Crippen molar-refractivity contribution in [3.8, 4) is 0 Å². The largest absolute Gasteiger partial charge is 0.444 e. The van der Waals surface area contributed by atoms with E-state index in [0.717, 1.165) is 16.7 Å². The Bertz CT molecular complexity index is 1150. The van der Waals surface area contributed by atoms with Gasteiger partial charge in [-0.25, -0.2) is 4.79 Å². The number of imide groups is 1. The van der Waals surface area contributed by atoms with Crippen molar-refractivity contribution >= 4 is 41.1 Å². The normalized spacial score (nSPS) is 17.8. The number of halogens is 1. The summed E-state index contributed by atoms with van der Waals surface area (Å²) in [6.07, 6.45) is -0.127. The first kappa shape index (κ1) is 21.8. The second-order valence-electron chi connectivity index (χ2n) is 8.00. The lowest BCUT2D eigenvalue weighted by atomic mass is 10.0. The van der Waals surface area contributed by atoms with Gasteiger partial charge in [0.1, 0.15) is 12.6 Å². The Balaban J connectivity index is 1.43. The average molecular weight is 456 g/mol. The molecule has 2 aromatic rings. The number of hydrogen-bond acceptors (Lipinski definition) is 5. The van der Waals surface area contributed by atoms with Crippen LogP contribution in [0.1, 0.15) is 45.5 Å². The molecule has 2 aromatic carbocycles. The van der Waals surface area contributed by atoms with Crippen LogP contribution >= 0.6 is 11.6 Å². The predicted octanol–water partition coefficient (Wildman–Crippen LogP) is 3.47. The minimum Gasteiger partial charge on any atom is -0.444 e. The number of aryl methyl sites for hydroxylation is 2. The van der Waals surface area contributed by atoms with Crippen LogP contribution in [0.4, 0.5) is 10.5 Å². The van der Waals surface area contributed by atoms with Crippen LogP contribution in [0.2, 0.25) is 5.02 Å². The Hall–Kier alpha value is -3.39. The van der Waals surface area contributed by atoms with E-state index in [4.69, 9.17) is 16.3 Å². The number of fused-ring (bicyclic) bond motifs is 1. The van der Waals surface area contributed by atoms with Gasteiger partial charge in [0, 0.05) is 29.2 Å². The van der Waals surface area contributed by atoms with Gasteiger partial charge in [0.25, 0.3) is 5.91 Å². The second kappa shape index (κ2) is 8.63. The topological polar surface area (TPSA) is 105 Å². The zero-order chi connectivity index (χ0) is 23.0. The number of piperidine rings is 1. The molecule has 8 nitrogen and oxygen atoms in total. The molecular formula is C23H22ClN3O5. The molecule has 1 fully saturated rings. The highest BCUT2D eigenvalue weighted by Crippen LogP contribution is 2.31. The first-order valence-electron chi connectivity index (χ1n) is 10.2. The van der Waals surface area contributed by atoms with Crippen molar-refractivity contribution in [3.63, 3.8) is 0 Å². The summed E-state index contributed by atoms with van der Waals surface area (Å²) in [4.78, 5) is 50.3. The van der Waals surface area contributed by atoms with E-state index in [9.17, 15) is 19.2 Å². The van der Waals surface area contributed by atoms with Gasteiger partial charge in [-0.05, 0) is 60.7 Å². The third-order valence-corrected chi connectivity index (χ3v) is 6.13. The highest BCUT2D eigenvalue weighted by Gasteiger charge is 2.39. The molecule has 32 heavy (non-hydrogen) atoms. The quantitative estimate of drug-likeness (QED) is 0.687. The van der Waals surface area contributed by atoms with Gasteiger partial charge in [0.15, 0.2) is 0 Å². The van der Waals surface area contributed by atoms with Crippen LogP contribution in [0.15, 0.2) is 30.3 Å². The minimum absolute atomic E-state index is 0.0226. The standard InChI is InChI=1S/C23H22ClN3O5/c1-12-3-4-15(9-18(12)24)25-23(31)32-11-14-7-13(2)17-10-27(22(30)16(17)8-14)19-5-6-20(28)26-21(19)29/h3-4,7-9,19H,5-6,10-11H2,1-2H3,(H,25,31)(H,26,28,29). The summed E-state index contributed by atoms with van der Waals surface area (Å²) in [6, 6.07) is 8.04. The van der Waals surface area contributed by atoms with Crippen LogP contribution in [0.3, 0.4) is 0 Å². The predicted molar refractivity (Wildman–Crippen MR) is 117 cm³/mol. The number of anilines is 1. The van der Waals surface area contributed by atoms with Crippen molar-refractivity contribution in [2.75, 3.05) is 5.32 Å². The van der Waals surface area contributed by atoms with Crippen LogP contribution in [-0.4, -0.2) is 34.8 Å². The minimum atomic E-state index is -0.668. The van der Waals surface area contributed by atoms with Crippen molar-refractivity contribution < 1.29 is 23.9 Å². The molecule has 9 heteroatoms. The molecule has 1 unspecified atom stereocenters. The molecule has 0 spiro atoms. The maximum Gasteiger partial charge on any atom is 0.411 e. The number of amides is 4. The molecule has 1 atom stereocenters. The Morgan fingerprint density at radius 3 is 2.69 bits per heavy atom. The molecule has 2 aliphatic heterocycles. The fraction of sp³-hybridized carbons (Fsp3) is 0.304. The number of nitrogens with zero attached hydrogens (tertiary/aromatic N) is 1. The van der Waals surface area contributed by atoms with Crippen LogP contribution in [0.5, 0.6) is 0 Å². The van der Waals surface area contributed by atoms with Gasteiger partial charge in [0.05, 0.1) is 0 Å². The number of rotatable bonds is 4. The van der Waals surface area contributed by atoms with Crippen molar-refractivity contribution in [1.82, 2.24) is 10.2 Å². The molecule has 0 bridgehead atoms. The fourth-order valence-corrected chi connectivity index (χ4v) is 4.16. The highest BCUT2D eigenvalue weighted by atomic mass is 35.5. The van der Waals surface area contributed by atoms with Crippen LogP contribution in [0, 0.1) is 13.8 Å². The third-order valence-electron chi connectivity index (χ3n) is 5.73. The lowest BCUT2D eigenvalue weighted by molar-refractivity contribution is -0.136. The van der Waals surface area contributed by atoms with Crippen LogP contribution in [-0.2, 0) is 27.5 Å². The van der Waals surface area contributed by atoms with Gasteiger partial charge in [-0.3, -0.25) is 25.0 Å². The van der Waals surface area contributed by atoms with E-state index in [1.807, 2.05) is 19.9 Å². The van der Waals surface area contributed by atoms with Crippen molar-refractivity contribution in [3.05, 3.63) is 63.2 Å². The molecule has 2 N–H and O–H groups in total. The van der Waals surface area contributed by atoms with Gasteiger partial charge < -0.3 is 9.64 Å². The number of nitrogens with one attached hydrogen (secondary N) is 2. The molecular weight excluding hydrogens is 434 g/mol. The molecule has 0 radical (unpaired) electrons. The smallest absolute Gasteiger partial charge is 0.411 e. The number of carbonyl (C=O) groups is 4. The second-order valence-corrected chi connectivity index (χ2v) is 8.41. The maximum atomic E-state index is 13.0. The summed E-state index contributed by atoms with van der Waals surface area (Å²) in [5.74, 6) is -1.04. The van der Waals surface area contributed by atoms with E-state index in [1.165, 1.54) is 4.90 Å². The summed E-state index contributed by atoms with van der Waals surface area (Å²) in [5, 5.41) is 5.45. The zero-order valence-corrected chi connectivity index (χ0v) is 18.4. The van der Waals surface area contributed by atoms with E-state index in [-0.39, 0.29) is 24.8 Å². The van der Waals surface area contributed by atoms with Crippen LogP contribution in [0.25, 0.3) is 0 Å². The van der Waals surface area contributed by atoms with Gasteiger partial charge in [-0.1, -0.05) is 23.7 Å². The van der Waals surface area contributed by atoms with E-state index >= 15 is 0 Å². The summed E-state index contributed by atoms with van der Waals surface area (Å²) in [5.41, 5.74) is 4.27. The first-order chi connectivity index (χ1) is 15.2. The third kappa shape index (κ3) is 4.31. The Morgan fingerprint density at radius 1 is 1.19 bits per heavy atom. The molecule has 4 amide bonds. The van der Waals surface area contributed by atoms with E-state index < -0.39 is 18.0 Å². The number of hydrogen-bond donors (Lipinski definition) is 2. The molecule has 1 saturated heterocycles. The van der Waals surface area contributed by atoms with Crippen molar-refractivity contribution in [1.29, 1.82) is 0 Å². The van der Waals surface area contributed by atoms with Gasteiger partial charge in [-0.15, -0.1) is 0 Å². The first-order valence-corrected chi connectivity index (χ1v) is 10.6. The Morgan fingerprint density at radius 2 is 1.97 bits per heavy atom. The SMILES string of the molecule is Cc1ccc(NC(=O)OCc2cc(C)c3c(c2)C(=O)N(C2CCC(=O)NC2=O)C3)cc1Cl. The number of carbonyl (C=O) groups excluding carboxylic acids is 4. The maximum absolute atomic E-state index is 13.0. The molecule has 0 aromatic heterocycles. The average Bonchev–Trinajstić information content (AvgIpc) is 3.06. The highest BCUT2D eigenvalue weighted by molar-refractivity contribution is 6.31. The van der Waals surface area contributed by atoms with Crippen molar-refractivity contribution in [2.24, 2.45) is 0 Å². The lowest BCUT2D eigenvalue weighted by Crippen LogP contribution is -2.52. The molecule has 2 aliphatic rings. The Labute approximate surface area is 189 Å². The fourth-order valence-electron chi connectivity index (χ4n) is 3.98. The lowest BCUT2D eigenvalue weighted by Gasteiger charge is -2.29. The van der Waals surface area contributed by atoms with E-state index in [1.54, 1.807) is 24.3 Å². The molecule has 0 saturated carbocycles. The van der Waals surface area contributed by atoms with E-state index in [0.29, 0.717) is 34.8 Å². The van der Waals surface area contributed by atoms with Gasteiger partial charge >= 0.3 is 6.09 Å². The molecule has 166 valence electrons. The Kier molecular flexibility index (Phi) is 5.88. The molecule has 2 heterocycles. The van der Waals surface area contributed by atoms with Gasteiger partial charge in [0.2, 0.25) is 11.8 Å². The summed E-state index contributed by atoms with van der Waals surface area (Å²) >= 11 is 6.07. The van der Waals surface area contributed by atoms with Crippen LogP contribution < -0.4 is 10.6 Å². The van der Waals surface area contributed by atoms with Gasteiger partial charge in [-0.2, -0.15) is 0 Å². The summed E-state index contributed by atoms with van der Waals surface area (Å²) in [7, 11) is 0. The van der Waals surface area contributed by atoms with Crippen molar-refractivity contribution in [2.45, 2.75) is 45.9 Å². The number of benzene rings is 2. The van der Waals surface area contributed by atoms with E-state index in [2.05, 4.69) is 10.6 Å². The summed E-state index contributed by atoms with van der Waals surface area (Å²) < 4.78 is 5.30. The molecule has 0 aliphatic carbocycles. The monoisotopic (exact) mass is 455 g/mol.